The maximum Gasteiger partial charge on any atom is 0.270 e. The van der Waals surface area contributed by atoms with Gasteiger partial charge in [-0.2, -0.15) is 0 Å². The highest BCUT2D eigenvalue weighted by Gasteiger charge is 2.23. The quantitative estimate of drug-likeness (QED) is 0.165. The number of non-ortho nitro benzene ring substituents is 1. The van der Waals surface area contributed by atoms with Gasteiger partial charge in [-0.15, -0.1) is 0 Å². The number of hydrogen-bond acceptors (Lipinski definition) is 8. The summed E-state index contributed by atoms with van der Waals surface area (Å²) in [4.78, 5) is 30.6. The number of rotatable bonds is 5. The van der Waals surface area contributed by atoms with Crippen LogP contribution in [-0.4, -0.2) is 47.2 Å². The minimum absolute atomic E-state index is 0.0435. The molecule has 0 unspecified atom stereocenters. The van der Waals surface area contributed by atoms with E-state index in [-0.39, 0.29) is 16.4 Å². The standard InChI is InChI=1S/C29H23N5O5S/c35-27(23-17-22(34(36)37)8-9-25(23)33-11-13-38-14-12-33)32-29(40)30-21-7-10-26-24(16-21)31-28(39-26)20-6-5-18-3-1-2-4-19(18)15-20/h1-10,15-17H,11-14H2,(H2,30,32,35,40). The highest BCUT2D eigenvalue weighted by Crippen LogP contribution is 2.29. The molecule has 4 aromatic carbocycles. The number of thiocarbonyl (C=S) groups is 1. The lowest BCUT2D eigenvalue weighted by atomic mass is 10.1. The molecule has 0 radical (unpaired) electrons. The van der Waals surface area contributed by atoms with Crippen molar-refractivity contribution in [1.29, 1.82) is 0 Å². The van der Waals surface area contributed by atoms with Gasteiger partial charge in [0.2, 0.25) is 5.89 Å². The lowest BCUT2D eigenvalue weighted by Gasteiger charge is -2.30. The SMILES string of the molecule is O=C(NC(=S)Nc1ccc2oc(-c3ccc4ccccc4c3)nc2c1)c1cc([N+](=O)[O-])ccc1N1CCOCC1. The second-order valence-corrected chi connectivity index (χ2v) is 9.64. The lowest BCUT2D eigenvalue weighted by Crippen LogP contribution is -2.39. The van der Waals surface area contributed by atoms with E-state index in [4.69, 9.17) is 21.4 Å². The van der Waals surface area contributed by atoms with E-state index in [1.807, 2.05) is 47.4 Å². The van der Waals surface area contributed by atoms with Crippen molar-refractivity contribution in [3.63, 3.8) is 0 Å². The van der Waals surface area contributed by atoms with Crippen molar-refractivity contribution in [2.24, 2.45) is 0 Å². The molecule has 11 heteroatoms. The molecule has 1 saturated heterocycles. The summed E-state index contributed by atoms with van der Waals surface area (Å²) in [7, 11) is 0. The third-order valence-corrected chi connectivity index (χ3v) is 6.86. The average Bonchev–Trinajstić information content (AvgIpc) is 3.40. The molecule has 6 rings (SSSR count). The molecule has 5 aromatic rings. The van der Waals surface area contributed by atoms with Gasteiger partial charge in [0.1, 0.15) is 5.52 Å². The van der Waals surface area contributed by atoms with Crippen LogP contribution in [0.15, 0.2) is 83.3 Å². The summed E-state index contributed by atoms with van der Waals surface area (Å²) in [6, 6.07) is 23.6. The molecular formula is C29H23N5O5S. The number of nitro groups is 1. The first-order valence-corrected chi connectivity index (χ1v) is 13.0. The normalized spacial score (nSPS) is 13.3. The molecule has 0 spiro atoms. The summed E-state index contributed by atoms with van der Waals surface area (Å²) >= 11 is 5.39. The van der Waals surface area contributed by atoms with E-state index in [1.165, 1.54) is 12.1 Å². The average molecular weight is 554 g/mol. The van der Waals surface area contributed by atoms with Crippen LogP contribution in [0.3, 0.4) is 0 Å². The molecule has 1 aliphatic heterocycles. The second-order valence-electron chi connectivity index (χ2n) is 9.23. The van der Waals surface area contributed by atoms with Crippen LogP contribution in [0.1, 0.15) is 10.4 Å². The summed E-state index contributed by atoms with van der Waals surface area (Å²) in [5, 5.41) is 19.3. The van der Waals surface area contributed by atoms with Gasteiger partial charge in [-0.25, -0.2) is 4.98 Å². The van der Waals surface area contributed by atoms with Crippen LogP contribution >= 0.6 is 12.2 Å². The van der Waals surface area contributed by atoms with Gasteiger partial charge in [-0.3, -0.25) is 20.2 Å². The molecule has 1 aliphatic rings. The van der Waals surface area contributed by atoms with E-state index in [9.17, 15) is 14.9 Å². The van der Waals surface area contributed by atoms with E-state index >= 15 is 0 Å². The third-order valence-electron chi connectivity index (χ3n) is 6.66. The van der Waals surface area contributed by atoms with E-state index in [0.29, 0.717) is 54.7 Å². The number of aromatic nitrogens is 1. The summed E-state index contributed by atoms with van der Waals surface area (Å²) < 4.78 is 11.4. The minimum atomic E-state index is -0.552. The summed E-state index contributed by atoms with van der Waals surface area (Å²) in [5.74, 6) is -0.0566. The van der Waals surface area contributed by atoms with Crippen LogP contribution in [0.2, 0.25) is 0 Å². The predicted octanol–water partition coefficient (Wildman–Crippen LogP) is 5.52. The van der Waals surface area contributed by atoms with Gasteiger partial charge >= 0.3 is 0 Å². The monoisotopic (exact) mass is 553 g/mol. The smallest absolute Gasteiger partial charge is 0.270 e. The number of nitro benzene ring substituents is 1. The van der Waals surface area contributed by atoms with Crippen LogP contribution in [0, 0.1) is 10.1 Å². The molecular weight excluding hydrogens is 530 g/mol. The Hall–Kier alpha value is -4.87. The van der Waals surface area contributed by atoms with E-state index in [0.717, 1.165) is 16.3 Å². The Morgan fingerprint density at radius 3 is 2.58 bits per heavy atom. The largest absolute Gasteiger partial charge is 0.436 e. The molecule has 1 fully saturated rings. The molecule has 1 aromatic heterocycles. The maximum absolute atomic E-state index is 13.2. The first-order valence-electron chi connectivity index (χ1n) is 12.6. The Morgan fingerprint density at radius 1 is 0.975 bits per heavy atom. The molecule has 2 heterocycles. The van der Waals surface area contributed by atoms with Crippen LogP contribution in [0.25, 0.3) is 33.3 Å². The number of nitrogens with one attached hydrogen (secondary N) is 2. The number of benzene rings is 4. The number of hydrogen-bond donors (Lipinski definition) is 2. The van der Waals surface area contributed by atoms with E-state index in [1.54, 1.807) is 24.3 Å². The first-order chi connectivity index (χ1) is 19.4. The van der Waals surface area contributed by atoms with Crippen LogP contribution in [0.4, 0.5) is 17.1 Å². The Morgan fingerprint density at radius 2 is 1.77 bits per heavy atom. The van der Waals surface area contributed by atoms with Gasteiger partial charge in [0, 0.05) is 36.5 Å². The molecule has 2 N–H and O–H groups in total. The first kappa shape index (κ1) is 25.4. The third kappa shape index (κ3) is 5.20. The predicted molar refractivity (Wildman–Crippen MR) is 157 cm³/mol. The fraction of sp³-hybridized carbons (Fsp3) is 0.138. The number of nitrogens with zero attached hydrogens (tertiary/aromatic N) is 3. The number of oxazole rings is 1. The zero-order valence-electron chi connectivity index (χ0n) is 21.1. The Kier molecular flexibility index (Phi) is 6.81. The zero-order valence-corrected chi connectivity index (χ0v) is 21.9. The molecule has 0 saturated carbocycles. The summed E-state index contributed by atoms with van der Waals surface area (Å²) in [6.07, 6.45) is 0. The van der Waals surface area contributed by atoms with E-state index in [2.05, 4.69) is 15.6 Å². The Labute approximate surface area is 233 Å². The molecule has 1 amide bonds. The number of morpholine rings is 1. The van der Waals surface area contributed by atoms with Gasteiger partial charge in [0.05, 0.1) is 29.4 Å². The van der Waals surface area contributed by atoms with Crippen molar-refractivity contribution in [2.45, 2.75) is 0 Å². The maximum atomic E-state index is 13.2. The van der Waals surface area contributed by atoms with Crippen LogP contribution in [0.5, 0.6) is 0 Å². The minimum Gasteiger partial charge on any atom is -0.436 e. The molecule has 0 aliphatic carbocycles. The zero-order chi connectivity index (χ0) is 27.6. The number of anilines is 2. The molecule has 200 valence electrons. The molecule has 0 atom stereocenters. The number of carbonyl (C=O) groups excluding carboxylic acids is 1. The fourth-order valence-corrected chi connectivity index (χ4v) is 4.89. The lowest BCUT2D eigenvalue weighted by molar-refractivity contribution is -0.384. The van der Waals surface area contributed by atoms with Crippen molar-refractivity contribution in [3.8, 4) is 11.5 Å². The van der Waals surface area contributed by atoms with Crippen molar-refractivity contribution >= 4 is 62.2 Å². The van der Waals surface area contributed by atoms with Crippen LogP contribution in [-0.2, 0) is 4.74 Å². The molecule has 0 bridgehead atoms. The van der Waals surface area contributed by atoms with Crippen LogP contribution < -0.4 is 15.5 Å². The van der Waals surface area contributed by atoms with E-state index < -0.39 is 10.8 Å². The van der Waals surface area contributed by atoms with Gasteiger partial charge in [-0.05, 0) is 59.4 Å². The van der Waals surface area contributed by atoms with Crippen molar-refractivity contribution in [1.82, 2.24) is 10.3 Å². The number of amides is 1. The van der Waals surface area contributed by atoms with Gasteiger partial charge in [-0.1, -0.05) is 30.3 Å². The second kappa shape index (κ2) is 10.7. The fourth-order valence-electron chi connectivity index (χ4n) is 4.68. The Bertz CT molecular complexity index is 1780. The topological polar surface area (TPSA) is 123 Å². The molecule has 40 heavy (non-hydrogen) atoms. The number of ether oxygens (including phenoxy) is 1. The van der Waals surface area contributed by atoms with Gasteiger partial charge < -0.3 is 19.4 Å². The summed E-state index contributed by atoms with van der Waals surface area (Å²) in [5.41, 5.74) is 3.25. The highest BCUT2D eigenvalue weighted by molar-refractivity contribution is 7.80. The highest BCUT2D eigenvalue weighted by atomic mass is 32.1. The van der Waals surface area contributed by atoms with Crippen molar-refractivity contribution < 1.29 is 18.9 Å². The summed E-state index contributed by atoms with van der Waals surface area (Å²) in [6.45, 7) is 2.15. The number of carbonyl (C=O) groups is 1. The molecule has 10 nitrogen and oxygen atoms in total. The van der Waals surface area contributed by atoms with Gasteiger partial charge in [0.25, 0.3) is 11.6 Å². The van der Waals surface area contributed by atoms with Crippen molar-refractivity contribution in [3.05, 3.63) is 94.5 Å². The van der Waals surface area contributed by atoms with Crippen molar-refractivity contribution in [2.75, 3.05) is 36.5 Å². The number of fused-ring (bicyclic) bond motifs is 2. The van der Waals surface area contributed by atoms with Gasteiger partial charge in [0.15, 0.2) is 10.7 Å². The Balaban J connectivity index is 1.20.